The minimum atomic E-state index is -0.444. The molecule has 13 aromatic carbocycles. The average Bonchev–Trinajstić information content (AvgIpc) is 3.66. The number of rotatable bonds is 2. The van der Waals surface area contributed by atoms with Crippen LogP contribution in [0.5, 0.6) is 0 Å². The molecule has 0 N–H and O–H groups in total. The van der Waals surface area contributed by atoms with E-state index >= 15 is 0 Å². The van der Waals surface area contributed by atoms with Crippen LogP contribution >= 0.6 is 0 Å². The highest BCUT2D eigenvalue weighted by atomic mass is 16.3. The minimum Gasteiger partial charge on any atom is -0.456 e. The average molecular weight is 987 g/mol. The molecule has 2 nitrogen and oxygen atoms in total. The first-order valence-corrected chi connectivity index (χ1v) is 27.2. The van der Waals surface area contributed by atoms with Crippen molar-refractivity contribution in [3.63, 3.8) is 0 Å². The van der Waals surface area contributed by atoms with Gasteiger partial charge in [0.2, 0.25) is 0 Å². The van der Waals surface area contributed by atoms with Crippen LogP contribution in [0.25, 0.3) is 132 Å². The predicted molar refractivity (Wildman–Crippen MR) is 319 cm³/mol. The summed E-state index contributed by atoms with van der Waals surface area (Å²) in [6.07, 6.45) is 0. The van der Waals surface area contributed by atoms with Crippen molar-refractivity contribution in [1.29, 1.82) is 0 Å². The van der Waals surface area contributed by atoms with E-state index in [9.17, 15) is 0 Å². The fourth-order valence-electron chi connectivity index (χ4n) is 16.0. The molecule has 0 saturated carbocycles. The molecule has 19 rings (SSSR count). The number of fused-ring (bicyclic) bond motifs is 30. The molecule has 358 valence electrons. The lowest BCUT2D eigenvalue weighted by Crippen LogP contribution is -2.25. The van der Waals surface area contributed by atoms with Crippen LogP contribution in [0.2, 0.25) is 0 Å². The smallest absolute Gasteiger partial charge is 0.143 e. The molecular formula is C76H42O2. The molecule has 78 heavy (non-hydrogen) atoms. The molecular weight excluding hydrogens is 945 g/mol. The van der Waals surface area contributed by atoms with E-state index in [1.54, 1.807) is 0 Å². The van der Waals surface area contributed by atoms with Crippen molar-refractivity contribution in [1.82, 2.24) is 0 Å². The molecule has 0 radical (unpaired) electrons. The summed E-state index contributed by atoms with van der Waals surface area (Å²) in [5.74, 6) is 0. The molecule has 2 spiro atoms. The summed E-state index contributed by atoms with van der Waals surface area (Å²) in [6, 6.07) is 95.1. The molecule has 0 aliphatic heterocycles. The molecule has 4 aliphatic carbocycles. The summed E-state index contributed by atoms with van der Waals surface area (Å²) < 4.78 is 14.2. The van der Waals surface area contributed by atoms with Crippen LogP contribution in [0.3, 0.4) is 0 Å². The molecule has 0 saturated heterocycles. The Morgan fingerprint density at radius 1 is 0.218 bits per heavy atom. The largest absolute Gasteiger partial charge is 0.456 e. The summed E-state index contributed by atoms with van der Waals surface area (Å²) in [7, 11) is 0. The SMILES string of the molecule is c1ccc2c(c1)-c1ccccc1C21c2ccccc2-c2c1ccc1oc3ccc(-c4c5ccccc5c(-c5cccc6c5oc5ccc7c(c56)-c5ccccc5C75c6ccccc6-c6ccccc65)c5ccccc45)cc3c21. The van der Waals surface area contributed by atoms with Crippen LogP contribution in [0.15, 0.2) is 264 Å². The van der Waals surface area contributed by atoms with Crippen molar-refractivity contribution in [2.45, 2.75) is 10.8 Å². The Morgan fingerprint density at radius 2 is 0.577 bits per heavy atom. The maximum Gasteiger partial charge on any atom is 0.143 e. The van der Waals surface area contributed by atoms with Crippen molar-refractivity contribution in [3.8, 4) is 66.8 Å². The summed E-state index contributed by atoms with van der Waals surface area (Å²) in [5.41, 5.74) is 28.2. The molecule has 2 heterocycles. The summed E-state index contributed by atoms with van der Waals surface area (Å²) in [6.45, 7) is 0. The van der Waals surface area contributed by atoms with Crippen molar-refractivity contribution in [2.75, 3.05) is 0 Å². The van der Waals surface area contributed by atoms with Gasteiger partial charge in [-0.2, -0.15) is 0 Å². The molecule has 2 heteroatoms. The predicted octanol–water partition coefficient (Wildman–Crippen LogP) is 19.8. The standard InChI is InChI=1S/C76H42O2/c1-3-24-50-48(22-1)68(43-36-39-65-56(42-43)73-66(77-65)40-37-64-71(73)53-27-10-16-35-62(53)76(64)59-32-13-7-20-46(59)47-21-8-14-33-60(47)76)49-23-2-4-25-51(49)69(50)54-28-17-29-55-72-67(78-74(54)55)41-38-63-70(72)52-26-9-15-34-61(52)75(63)57-30-11-5-18-44(57)45-19-6-12-31-58(45)75/h1-42H. The van der Waals surface area contributed by atoms with Crippen LogP contribution in [-0.2, 0) is 10.8 Å². The van der Waals surface area contributed by atoms with Crippen LogP contribution in [0.4, 0.5) is 0 Å². The van der Waals surface area contributed by atoms with Crippen molar-refractivity contribution in [2.24, 2.45) is 0 Å². The second kappa shape index (κ2) is 14.5. The summed E-state index contributed by atoms with van der Waals surface area (Å²) in [4.78, 5) is 0. The van der Waals surface area contributed by atoms with E-state index in [1.165, 1.54) is 132 Å². The van der Waals surface area contributed by atoms with Gasteiger partial charge < -0.3 is 8.83 Å². The second-order valence-electron chi connectivity index (χ2n) is 21.9. The van der Waals surface area contributed by atoms with E-state index < -0.39 is 10.8 Å². The highest BCUT2D eigenvalue weighted by molar-refractivity contribution is 6.27. The Labute approximate surface area is 448 Å². The van der Waals surface area contributed by atoms with Gasteiger partial charge in [0.05, 0.1) is 10.8 Å². The van der Waals surface area contributed by atoms with Gasteiger partial charge in [-0.15, -0.1) is 0 Å². The van der Waals surface area contributed by atoms with Gasteiger partial charge in [-0.1, -0.05) is 231 Å². The number of hydrogen-bond donors (Lipinski definition) is 0. The van der Waals surface area contributed by atoms with E-state index in [0.29, 0.717) is 0 Å². The zero-order valence-corrected chi connectivity index (χ0v) is 42.1. The lowest BCUT2D eigenvalue weighted by atomic mass is 9.70. The van der Waals surface area contributed by atoms with E-state index in [2.05, 4.69) is 255 Å². The minimum absolute atomic E-state index is 0.441. The zero-order valence-electron chi connectivity index (χ0n) is 42.1. The van der Waals surface area contributed by atoms with Gasteiger partial charge in [0.1, 0.15) is 22.3 Å². The normalized spacial score (nSPS) is 14.4. The van der Waals surface area contributed by atoms with Crippen LogP contribution in [-0.4, -0.2) is 0 Å². The zero-order chi connectivity index (χ0) is 50.6. The molecule has 0 fully saturated rings. The molecule has 4 aliphatic rings. The lowest BCUT2D eigenvalue weighted by Gasteiger charge is -2.30. The van der Waals surface area contributed by atoms with Crippen molar-refractivity contribution >= 4 is 65.4 Å². The Morgan fingerprint density at radius 3 is 1.06 bits per heavy atom. The van der Waals surface area contributed by atoms with Crippen LogP contribution < -0.4 is 0 Å². The highest BCUT2D eigenvalue weighted by Crippen LogP contribution is 2.66. The summed E-state index contributed by atoms with van der Waals surface area (Å²) in [5, 5.41) is 9.32. The molecule has 2 aromatic heterocycles. The van der Waals surface area contributed by atoms with Gasteiger partial charge in [0.15, 0.2) is 0 Å². The first kappa shape index (κ1) is 41.3. The van der Waals surface area contributed by atoms with E-state index in [1.807, 2.05) is 0 Å². The van der Waals surface area contributed by atoms with Gasteiger partial charge in [-0.3, -0.25) is 0 Å². The monoisotopic (exact) mass is 986 g/mol. The third-order valence-corrected chi connectivity index (χ3v) is 18.7. The van der Waals surface area contributed by atoms with E-state index in [4.69, 9.17) is 8.83 Å². The number of hydrogen-bond acceptors (Lipinski definition) is 2. The Hall–Kier alpha value is -10.0. The van der Waals surface area contributed by atoms with Crippen molar-refractivity contribution in [3.05, 3.63) is 299 Å². The van der Waals surface area contributed by atoms with Crippen molar-refractivity contribution < 1.29 is 8.83 Å². The fraction of sp³-hybridized carbons (Fsp3) is 0.0263. The van der Waals surface area contributed by atoms with E-state index in [-0.39, 0.29) is 0 Å². The van der Waals surface area contributed by atoms with Gasteiger partial charge in [0.25, 0.3) is 0 Å². The first-order chi connectivity index (χ1) is 38.7. The Kier molecular flexibility index (Phi) is 7.65. The maximum atomic E-state index is 7.29. The van der Waals surface area contributed by atoms with Gasteiger partial charge >= 0.3 is 0 Å². The van der Waals surface area contributed by atoms with Gasteiger partial charge in [0, 0.05) is 32.7 Å². The van der Waals surface area contributed by atoms with Crippen LogP contribution in [0, 0.1) is 0 Å². The van der Waals surface area contributed by atoms with Gasteiger partial charge in [-0.05, 0) is 146 Å². The van der Waals surface area contributed by atoms with E-state index in [0.717, 1.165) is 44.2 Å². The Balaban J connectivity index is 0.844. The second-order valence-corrected chi connectivity index (χ2v) is 21.9. The molecule has 0 amide bonds. The number of benzene rings is 13. The molecule has 0 bridgehead atoms. The topological polar surface area (TPSA) is 26.3 Å². The molecule has 15 aromatic rings. The first-order valence-electron chi connectivity index (χ1n) is 27.2. The maximum absolute atomic E-state index is 7.29. The highest BCUT2D eigenvalue weighted by Gasteiger charge is 2.54. The third kappa shape index (κ3) is 4.72. The van der Waals surface area contributed by atoms with Gasteiger partial charge in [-0.25, -0.2) is 0 Å². The summed E-state index contributed by atoms with van der Waals surface area (Å²) >= 11 is 0. The lowest BCUT2D eigenvalue weighted by molar-refractivity contribution is 0.668. The molecule has 0 atom stereocenters. The number of para-hydroxylation sites is 1. The Bertz CT molecular complexity index is 5080. The quantitative estimate of drug-likeness (QED) is 0.161. The van der Waals surface area contributed by atoms with Crippen LogP contribution in [0.1, 0.15) is 44.5 Å². The molecule has 0 unspecified atom stereocenters. The third-order valence-electron chi connectivity index (χ3n) is 18.7. The fourth-order valence-corrected chi connectivity index (χ4v) is 16.0. The number of furan rings is 2.